The Morgan fingerprint density at radius 1 is 1.33 bits per heavy atom. The first-order chi connectivity index (χ1) is 7.27. The first-order valence-electron chi connectivity index (χ1n) is 4.80. The van der Waals surface area contributed by atoms with Crippen molar-refractivity contribution in [2.75, 3.05) is 12.8 Å². The molecule has 0 bridgehead atoms. The van der Waals surface area contributed by atoms with Crippen molar-refractivity contribution in [3.63, 3.8) is 0 Å². The van der Waals surface area contributed by atoms with Crippen LogP contribution in [0.2, 0.25) is 0 Å². The maximum atomic E-state index is 11.4. The van der Waals surface area contributed by atoms with Gasteiger partial charge in [0.05, 0.1) is 5.69 Å². The first kappa shape index (κ1) is 10.2. The van der Waals surface area contributed by atoms with E-state index >= 15 is 0 Å². The van der Waals surface area contributed by atoms with Crippen LogP contribution in [0.4, 0.5) is 5.69 Å². The minimum absolute atomic E-state index is 0.142. The smallest absolute Gasteiger partial charge is 0.229 e. The van der Waals surface area contributed by atoms with Crippen molar-refractivity contribution in [3.05, 3.63) is 30.3 Å². The highest BCUT2D eigenvalue weighted by Crippen LogP contribution is 2.21. The highest BCUT2D eigenvalue weighted by Gasteiger charge is 2.20. The lowest BCUT2D eigenvalue weighted by molar-refractivity contribution is -0.126. The number of amidine groups is 1. The van der Waals surface area contributed by atoms with E-state index in [1.165, 1.54) is 0 Å². The van der Waals surface area contributed by atoms with Gasteiger partial charge in [-0.05, 0) is 12.1 Å². The van der Waals surface area contributed by atoms with Crippen LogP contribution in [-0.2, 0) is 4.79 Å². The summed E-state index contributed by atoms with van der Waals surface area (Å²) in [5, 5.41) is 0.789. The molecule has 0 spiro atoms. The molecule has 1 fully saturated rings. The number of para-hydroxylation sites is 1. The van der Waals surface area contributed by atoms with Crippen LogP contribution in [-0.4, -0.2) is 28.8 Å². The number of hydrogen-bond donors (Lipinski definition) is 0. The van der Waals surface area contributed by atoms with Crippen molar-refractivity contribution < 1.29 is 4.79 Å². The van der Waals surface area contributed by atoms with Crippen LogP contribution in [0.25, 0.3) is 0 Å². The Hall–Kier alpha value is -1.29. The summed E-state index contributed by atoms with van der Waals surface area (Å²) in [5.74, 6) is 0.970. The highest BCUT2D eigenvalue weighted by molar-refractivity contribution is 8.14. The standard InChI is InChI=1S/C11H12N2OS/c1-13-10(14)7-8-15-11(13)12-9-5-3-2-4-6-9/h2-6H,7-8H2,1H3. The summed E-state index contributed by atoms with van der Waals surface area (Å²) in [5.41, 5.74) is 0.890. The molecule has 1 heterocycles. The molecule has 1 aromatic rings. The van der Waals surface area contributed by atoms with Crippen LogP contribution < -0.4 is 0 Å². The van der Waals surface area contributed by atoms with Crippen LogP contribution in [0.1, 0.15) is 6.42 Å². The minimum atomic E-state index is 0.142. The van der Waals surface area contributed by atoms with E-state index < -0.39 is 0 Å². The molecule has 0 aliphatic carbocycles. The molecular weight excluding hydrogens is 208 g/mol. The fraction of sp³-hybridized carbons (Fsp3) is 0.273. The third-order valence-corrected chi connectivity index (χ3v) is 3.22. The summed E-state index contributed by atoms with van der Waals surface area (Å²) in [7, 11) is 1.77. The average molecular weight is 220 g/mol. The molecule has 1 aliphatic heterocycles. The van der Waals surface area contributed by atoms with E-state index in [0.717, 1.165) is 16.6 Å². The van der Waals surface area contributed by atoms with E-state index in [0.29, 0.717) is 6.42 Å². The molecule has 78 valence electrons. The molecule has 0 radical (unpaired) electrons. The van der Waals surface area contributed by atoms with Gasteiger partial charge >= 0.3 is 0 Å². The monoisotopic (exact) mass is 220 g/mol. The summed E-state index contributed by atoms with van der Waals surface area (Å²) in [6.07, 6.45) is 0.606. The summed E-state index contributed by atoms with van der Waals surface area (Å²) in [4.78, 5) is 17.5. The number of carbonyl (C=O) groups is 1. The molecule has 2 rings (SSSR count). The fourth-order valence-electron chi connectivity index (χ4n) is 1.32. The third-order valence-electron chi connectivity index (χ3n) is 2.19. The van der Waals surface area contributed by atoms with Gasteiger partial charge in [-0.2, -0.15) is 0 Å². The maximum absolute atomic E-state index is 11.4. The van der Waals surface area contributed by atoms with Crippen molar-refractivity contribution in [1.29, 1.82) is 0 Å². The van der Waals surface area contributed by atoms with Gasteiger partial charge in [-0.1, -0.05) is 30.0 Å². The molecule has 3 nitrogen and oxygen atoms in total. The Labute approximate surface area is 93.2 Å². The summed E-state index contributed by atoms with van der Waals surface area (Å²) < 4.78 is 0. The van der Waals surface area contributed by atoms with Gasteiger partial charge in [-0.25, -0.2) is 4.99 Å². The number of rotatable bonds is 1. The first-order valence-corrected chi connectivity index (χ1v) is 5.79. The van der Waals surface area contributed by atoms with E-state index in [-0.39, 0.29) is 5.91 Å². The van der Waals surface area contributed by atoms with Crippen molar-refractivity contribution in [2.24, 2.45) is 4.99 Å². The topological polar surface area (TPSA) is 32.7 Å². The SMILES string of the molecule is CN1C(=O)CCSC1=Nc1ccccc1. The molecule has 0 N–H and O–H groups in total. The van der Waals surface area contributed by atoms with Crippen LogP contribution in [0.3, 0.4) is 0 Å². The number of aliphatic imine (C=N–C) groups is 1. The minimum Gasteiger partial charge on any atom is -0.294 e. The van der Waals surface area contributed by atoms with E-state index in [2.05, 4.69) is 4.99 Å². The average Bonchev–Trinajstić information content (AvgIpc) is 2.26. The molecule has 0 atom stereocenters. The van der Waals surface area contributed by atoms with E-state index in [1.54, 1.807) is 23.7 Å². The van der Waals surface area contributed by atoms with Crippen molar-refractivity contribution in [3.8, 4) is 0 Å². The number of nitrogens with zero attached hydrogens (tertiary/aromatic N) is 2. The zero-order chi connectivity index (χ0) is 10.7. The van der Waals surface area contributed by atoms with Crippen LogP contribution in [0.5, 0.6) is 0 Å². The number of benzene rings is 1. The zero-order valence-corrected chi connectivity index (χ0v) is 9.33. The van der Waals surface area contributed by atoms with E-state index in [4.69, 9.17) is 0 Å². The maximum Gasteiger partial charge on any atom is 0.229 e. The van der Waals surface area contributed by atoms with Gasteiger partial charge in [-0.15, -0.1) is 0 Å². The molecular formula is C11H12N2OS. The van der Waals surface area contributed by atoms with Gasteiger partial charge in [0.25, 0.3) is 0 Å². The summed E-state index contributed by atoms with van der Waals surface area (Å²) in [6.45, 7) is 0. The second kappa shape index (κ2) is 4.49. The number of amides is 1. The second-order valence-corrected chi connectivity index (χ2v) is 4.34. The molecule has 1 aliphatic rings. The molecule has 1 saturated heterocycles. The molecule has 0 unspecified atom stereocenters. The predicted octanol–water partition coefficient (Wildman–Crippen LogP) is 2.27. The summed E-state index contributed by atoms with van der Waals surface area (Å²) >= 11 is 1.62. The Bertz CT molecular complexity index is 389. The van der Waals surface area contributed by atoms with E-state index in [9.17, 15) is 4.79 Å². The molecule has 0 aromatic heterocycles. The van der Waals surface area contributed by atoms with Gasteiger partial charge in [0.15, 0.2) is 5.17 Å². The fourth-order valence-corrected chi connectivity index (χ4v) is 2.25. The lowest BCUT2D eigenvalue weighted by Crippen LogP contribution is -2.35. The lowest BCUT2D eigenvalue weighted by Gasteiger charge is -2.23. The Balaban J connectivity index is 2.23. The molecule has 15 heavy (non-hydrogen) atoms. The number of carbonyl (C=O) groups excluding carboxylic acids is 1. The van der Waals surface area contributed by atoms with E-state index in [1.807, 2.05) is 30.3 Å². The van der Waals surface area contributed by atoms with Gasteiger partial charge in [0, 0.05) is 19.2 Å². The Kier molecular flexibility index (Phi) is 3.06. The zero-order valence-electron chi connectivity index (χ0n) is 8.51. The van der Waals surface area contributed by atoms with Crippen LogP contribution >= 0.6 is 11.8 Å². The largest absolute Gasteiger partial charge is 0.294 e. The van der Waals surface area contributed by atoms with Gasteiger partial charge < -0.3 is 0 Å². The predicted molar refractivity (Wildman–Crippen MR) is 63.4 cm³/mol. The van der Waals surface area contributed by atoms with Gasteiger partial charge in [0.1, 0.15) is 0 Å². The quantitative estimate of drug-likeness (QED) is 0.727. The van der Waals surface area contributed by atoms with Crippen molar-refractivity contribution in [2.45, 2.75) is 6.42 Å². The van der Waals surface area contributed by atoms with Crippen LogP contribution in [0.15, 0.2) is 35.3 Å². The normalized spacial score (nSPS) is 19.7. The van der Waals surface area contributed by atoms with Crippen LogP contribution in [0, 0.1) is 0 Å². The van der Waals surface area contributed by atoms with Crippen molar-refractivity contribution in [1.82, 2.24) is 4.90 Å². The molecule has 4 heteroatoms. The number of thioether (sulfide) groups is 1. The highest BCUT2D eigenvalue weighted by atomic mass is 32.2. The lowest BCUT2D eigenvalue weighted by atomic mass is 10.3. The summed E-state index contributed by atoms with van der Waals surface area (Å²) in [6, 6.07) is 9.69. The molecule has 1 aromatic carbocycles. The Morgan fingerprint density at radius 2 is 2.07 bits per heavy atom. The van der Waals surface area contributed by atoms with Gasteiger partial charge in [-0.3, -0.25) is 9.69 Å². The third kappa shape index (κ3) is 2.39. The molecule has 0 saturated carbocycles. The second-order valence-electron chi connectivity index (χ2n) is 3.28. The Morgan fingerprint density at radius 3 is 2.80 bits per heavy atom. The van der Waals surface area contributed by atoms with Crippen molar-refractivity contribution >= 4 is 28.5 Å². The molecule has 1 amide bonds. The number of hydrogen-bond acceptors (Lipinski definition) is 3. The van der Waals surface area contributed by atoms with Gasteiger partial charge in [0.2, 0.25) is 5.91 Å².